The van der Waals surface area contributed by atoms with Crippen LogP contribution in [0.5, 0.6) is 0 Å². The van der Waals surface area contributed by atoms with E-state index < -0.39 is 0 Å². The summed E-state index contributed by atoms with van der Waals surface area (Å²) in [7, 11) is 0. The van der Waals surface area contributed by atoms with E-state index in [4.69, 9.17) is 12.2 Å². The normalized spacial score (nSPS) is 46.8. The van der Waals surface area contributed by atoms with Crippen LogP contribution in [0.25, 0.3) is 0 Å². The van der Waals surface area contributed by atoms with Crippen LogP contribution in [-0.2, 0) is 0 Å². The minimum atomic E-state index is 0.396. The summed E-state index contributed by atoms with van der Waals surface area (Å²) in [6.45, 7) is 7.15. The van der Waals surface area contributed by atoms with E-state index in [0.717, 1.165) is 5.92 Å². The molecule has 0 aromatic heterocycles. The molecule has 0 heterocycles. The zero-order valence-electron chi connectivity index (χ0n) is 7.61. The van der Waals surface area contributed by atoms with Crippen molar-refractivity contribution in [3.8, 4) is 0 Å². The number of hydrogen-bond acceptors (Lipinski definition) is 1. The van der Waals surface area contributed by atoms with Gasteiger partial charge in [0.15, 0.2) is 0 Å². The number of thiocarbonyl (C=S) groups is 1. The quantitative estimate of drug-likeness (QED) is 0.500. The predicted octanol–water partition coefficient (Wildman–Crippen LogP) is 3.20. The highest BCUT2D eigenvalue weighted by Crippen LogP contribution is 2.63. The van der Waals surface area contributed by atoms with Crippen LogP contribution < -0.4 is 0 Å². The molecule has 0 aromatic carbocycles. The van der Waals surface area contributed by atoms with Crippen LogP contribution in [0.2, 0.25) is 0 Å². The van der Waals surface area contributed by atoms with E-state index in [0.29, 0.717) is 10.8 Å². The van der Waals surface area contributed by atoms with Gasteiger partial charge >= 0.3 is 0 Å². The Hall–Kier alpha value is 0.0900. The average molecular weight is 168 g/mol. The van der Waals surface area contributed by atoms with Gasteiger partial charge in [0.05, 0.1) is 0 Å². The van der Waals surface area contributed by atoms with Crippen LogP contribution >= 0.6 is 12.2 Å². The van der Waals surface area contributed by atoms with E-state index >= 15 is 0 Å². The molecule has 0 aliphatic heterocycles. The average Bonchev–Trinajstić information content (AvgIpc) is 2.20. The van der Waals surface area contributed by atoms with Crippen molar-refractivity contribution >= 4 is 17.1 Å². The number of rotatable bonds is 0. The van der Waals surface area contributed by atoms with Crippen molar-refractivity contribution < 1.29 is 0 Å². The molecule has 0 radical (unpaired) electrons. The molecule has 1 heteroatoms. The molecule has 2 aliphatic carbocycles. The molecule has 0 N–H and O–H groups in total. The van der Waals surface area contributed by atoms with Crippen molar-refractivity contribution in [1.82, 2.24) is 0 Å². The predicted molar refractivity (Wildman–Crippen MR) is 51.8 cm³/mol. The van der Waals surface area contributed by atoms with Crippen LogP contribution in [0.15, 0.2) is 0 Å². The Morgan fingerprint density at radius 1 is 1.36 bits per heavy atom. The summed E-state index contributed by atoms with van der Waals surface area (Å²) in [5.74, 6) is 0.889. The van der Waals surface area contributed by atoms with Crippen LogP contribution in [0.1, 0.15) is 40.0 Å². The van der Waals surface area contributed by atoms with E-state index in [2.05, 4.69) is 20.8 Å². The summed E-state index contributed by atoms with van der Waals surface area (Å²) in [6, 6.07) is 0. The van der Waals surface area contributed by atoms with Gasteiger partial charge in [-0.1, -0.05) is 33.0 Å². The highest BCUT2D eigenvalue weighted by atomic mass is 32.1. The van der Waals surface area contributed by atoms with Crippen molar-refractivity contribution in [2.24, 2.45) is 16.7 Å². The topological polar surface area (TPSA) is 0 Å². The van der Waals surface area contributed by atoms with Crippen LogP contribution in [0.3, 0.4) is 0 Å². The molecule has 0 aromatic rings. The standard InChI is InChI=1S/C10H16S/c1-9(2)7-4-5-10(9,3)8(11)6-7/h7H,4-6H2,1-3H3/t7?,10-/m0/s1. The van der Waals surface area contributed by atoms with Crippen molar-refractivity contribution in [2.75, 3.05) is 0 Å². The summed E-state index contributed by atoms with van der Waals surface area (Å²) in [5.41, 5.74) is 0.886. The third-order valence-electron chi connectivity index (χ3n) is 4.48. The third-order valence-corrected chi connectivity index (χ3v) is 5.10. The van der Waals surface area contributed by atoms with Crippen LogP contribution in [0, 0.1) is 16.7 Å². The minimum Gasteiger partial charge on any atom is -0.0891 e. The fraction of sp³-hybridized carbons (Fsp3) is 0.900. The lowest BCUT2D eigenvalue weighted by Crippen LogP contribution is -2.31. The van der Waals surface area contributed by atoms with Crippen LogP contribution in [0.4, 0.5) is 0 Å². The molecule has 11 heavy (non-hydrogen) atoms. The second kappa shape index (κ2) is 1.87. The summed E-state index contributed by atoms with van der Waals surface area (Å²) in [4.78, 5) is 1.35. The van der Waals surface area contributed by atoms with E-state index in [-0.39, 0.29) is 0 Å². The summed E-state index contributed by atoms with van der Waals surface area (Å²) < 4.78 is 0. The van der Waals surface area contributed by atoms with Gasteiger partial charge in [0, 0.05) is 5.41 Å². The fourth-order valence-electron chi connectivity index (χ4n) is 2.90. The third kappa shape index (κ3) is 0.683. The van der Waals surface area contributed by atoms with Gasteiger partial charge in [-0.25, -0.2) is 0 Å². The molecule has 62 valence electrons. The summed E-state index contributed by atoms with van der Waals surface area (Å²) in [5, 5.41) is 0. The molecule has 1 unspecified atom stereocenters. The first-order chi connectivity index (χ1) is 4.98. The van der Waals surface area contributed by atoms with Gasteiger partial charge in [-0.3, -0.25) is 0 Å². The van der Waals surface area contributed by atoms with Gasteiger partial charge in [0.1, 0.15) is 0 Å². The minimum absolute atomic E-state index is 0.396. The maximum atomic E-state index is 5.43. The first kappa shape index (κ1) is 7.72. The Kier molecular flexibility index (Phi) is 1.32. The van der Waals surface area contributed by atoms with E-state index in [1.165, 1.54) is 24.1 Å². The molecule has 2 atom stereocenters. The Morgan fingerprint density at radius 2 is 2.00 bits per heavy atom. The smallest absolute Gasteiger partial charge is 0.00424 e. The Labute approximate surface area is 74.4 Å². The lowest BCUT2D eigenvalue weighted by atomic mass is 9.71. The van der Waals surface area contributed by atoms with E-state index in [9.17, 15) is 0 Å². The van der Waals surface area contributed by atoms with Gasteiger partial charge < -0.3 is 0 Å². The van der Waals surface area contributed by atoms with Crippen molar-refractivity contribution in [3.05, 3.63) is 0 Å². The lowest BCUT2D eigenvalue weighted by molar-refractivity contribution is 0.195. The van der Waals surface area contributed by atoms with Gasteiger partial charge in [-0.05, 0) is 35.5 Å². The monoisotopic (exact) mass is 168 g/mol. The lowest BCUT2D eigenvalue weighted by Gasteiger charge is -2.34. The Bertz CT molecular complexity index is 217. The van der Waals surface area contributed by atoms with Gasteiger partial charge in [-0.15, -0.1) is 0 Å². The molecule has 0 spiro atoms. The van der Waals surface area contributed by atoms with Gasteiger partial charge in [0.25, 0.3) is 0 Å². The summed E-state index contributed by atoms with van der Waals surface area (Å²) in [6.07, 6.45) is 3.96. The maximum Gasteiger partial charge on any atom is 0.00424 e. The Morgan fingerprint density at radius 3 is 2.18 bits per heavy atom. The van der Waals surface area contributed by atoms with E-state index in [1.54, 1.807) is 0 Å². The second-order valence-corrected chi connectivity index (χ2v) is 5.41. The molecular formula is C10H16S. The molecule has 2 aliphatic rings. The molecule has 2 fully saturated rings. The zero-order valence-corrected chi connectivity index (χ0v) is 8.42. The zero-order chi connectivity index (χ0) is 8.28. The second-order valence-electron chi connectivity index (χ2n) is 4.92. The van der Waals surface area contributed by atoms with Gasteiger partial charge in [-0.2, -0.15) is 0 Å². The summed E-state index contributed by atoms with van der Waals surface area (Å²) >= 11 is 5.43. The molecule has 0 nitrogen and oxygen atoms in total. The molecule has 2 saturated carbocycles. The number of fused-ring (bicyclic) bond motifs is 2. The maximum absolute atomic E-state index is 5.43. The fourth-order valence-corrected chi connectivity index (χ4v) is 3.47. The first-order valence-electron chi connectivity index (χ1n) is 4.52. The molecular weight excluding hydrogens is 152 g/mol. The van der Waals surface area contributed by atoms with Gasteiger partial charge in [0.2, 0.25) is 0 Å². The highest BCUT2D eigenvalue weighted by molar-refractivity contribution is 7.80. The molecule has 2 bridgehead atoms. The van der Waals surface area contributed by atoms with Crippen molar-refractivity contribution in [3.63, 3.8) is 0 Å². The molecule has 0 saturated heterocycles. The SMILES string of the molecule is CC1(C)C2CC[C@@]1(C)C(=S)C2. The van der Waals surface area contributed by atoms with E-state index in [1.807, 2.05) is 0 Å². The molecule has 2 rings (SSSR count). The first-order valence-corrected chi connectivity index (χ1v) is 4.92. The van der Waals surface area contributed by atoms with Crippen LogP contribution in [-0.4, -0.2) is 4.86 Å². The van der Waals surface area contributed by atoms with Crippen molar-refractivity contribution in [1.29, 1.82) is 0 Å². The number of hydrogen-bond donors (Lipinski definition) is 0. The molecule has 0 amide bonds. The van der Waals surface area contributed by atoms with Crippen molar-refractivity contribution in [2.45, 2.75) is 40.0 Å². The largest absolute Gasteiger partial charge is 0.0891 e. The Balaban J connectivity index is 2.47. The highest BCUT2D eigenvalue weighted by Gasteiger charge is 2.58.